The van der Waals surface area contributed by atoms with Crippen molar-refractivity contribution in [3.8, 4) is 6.07 Å². The Hall–Kier alpha value is -2.09. The molecule has 0 aliphatic carbocycles. The highest BCUT2D eigenvalue weighted by Gasteiger charge is 2.18. The van der Waals surface area contributed by atoms with Crippen molar-refractivity contribution < 1.29 is 9.53 Å². The normalized spacial score (nSPS) is 9.79. The number of aryl methyl sites for hydroxylation is 1. The molecule has 0 saturated heterocycles. The summed E-state index contributed by atoms with van der Waals surface area (Å²) in [6, 6.07) is 2.10. The molecule has 1 rings (SSSR count). The van der Waals surface area contributed by atoms with Gasteiger partial charge in [0.2, 0.25) is 0 Å². The van der Waals surface area contributed by atoms with E-state index in [1.165, 1.54) is 6.20 Å². The van der Waals surface area contributed by atoms with Crippen LogP contribution in [-0.2, 0) is 4.74 Å². The summed E-state index contributed by atoms with van der Waals surface area (Å²) in [5, 5.41) is 12.4. The zero-order valence-corrected chi connectivity index (χ0v) is 11.6. The van der Waals surface area contributed by atoms with Crippen LogP contribution in [0.4, 0.5) is 5.69 Å². The Labute approximate surface area is 113 Å². The number of rotatable bonds is 6. The minimum absolute atomic E-state index is 0.295. The molecule has 0 aliphatic heterocycles. The molecule has 102 valence electrons. The van der Waals surface area contributed by atoms with Crippen molar-refractivity contribution in [3.05, 3.63) is 23.0 Å². The lowest BCUT2D eigenvalue weighted by molar-refractivity contribution is 0.0527. The summed E-state index contributed by atoms with van der Waals surface area (Å²) in [7, 11) is 0. The van der Waals surface area contributed by atoms with E-state index in [0.717, 1.165) is 12.8 Å². The maximum Gasteiger partial charge on any atom is 0.341 e. The van der Waals surface area contributed by atoms with Gasteiger partial charge in [0.05, 0.1) is 23.6 Å². The van der Waals surface area contributed by atoms with Crippen LogP contribution in [-0.4, -0.2) is 24.1 Å². The van der Waals surface area contributed by atoms with Gasteiger partial charge in [0.1, 0.15) is 11.6 Å². The molecule has 5 nitrogen and oxygen atoms in total. The predicted octanol–water partition coefficient (Wildman–Crippen LogP) is 2.65. The Morgan fingerprint density at radius 1 is 1.53 bits per heavy atom. The van der Waals surface area contributed by atoms with Crippen molar-refractivity contribution in [1.29, 1.82) is 5.26 Å². The van der Waals surface area contributed by atoms with Gasteiger partial charge in [-0.15, -0.1) is 0 Å². The molecule has 0 aromatic carbocycles. The third kappa shape index (κ3) is 3.68. The fourth-order valence-corrected chi connectivity index (χ4v) is 1.68. The van der Waals surface area contributed by atoms with Crippen LogP contribution in [0.2, 0.25) is 0 Å². The summed E-state index contributed by atoms with van der Waals surface area (Å²) >= 11 is 0. The molecule has 0 unspecified atom stereocenters. The van der Waals surface area contributed by atoms with Crippen molar-refractivity contribution >= 4 is 11.7 Å². The summed E-state index contributed by atoms with van der Waals surface area (Å²) in [5.41, 5.74) is 1.86. The second kappa shape index (κ2) is 7.37. The highest BCUT2D eigenvalue weighted by atomic mass is 16.5. The Kier molecular flexibility index (Phi) is 5.80. The third-order valence-electron chi connectivity index (χ3n) is 2.71. The number of esters is 1. The van der Waals surface area contributed by atoms with Gasteiger partial charge in [-0.25, -0.2) is 4.79 Å². The van der Waals surface area contributed by atoms with Gasteiger partial charge in [0.25, 0.3) is 0 Å². The van der Waals surface area contributed by atoms with Gasteiger partial charge in [-0.2, -0.15) is 5.26 Å². The molecule has 0 spiro atoms. The Morgan fingerprint density at radius 2 is 2.26 bits per heavy atom. The van der Waals surface area contributed by atoms with Crippen molar-refractivity contribution in [1.82, 2.24) is 4.98 Å². The van der Waals surface area contributed by atoms with Gasteiger partial charge >= 0.3 is 5.97 Å². The summed E-state index contributed by atoms with van der Waals surface area (Å²) < 4.78 is 4.99. The van der Waals surface area contributed by atoms with Gasteiger partial charge in [-0.3, -0.25) is 4.98 Å². The molecule has 0 saturated carbocycles. The van der Waals surface area contributed by atoms with E-state index in [-0.39, 0.29) is 0 Å². The maximum atomic E-state index is 11.9. The van der Waals surface area contributed by atoms with E-state index in [1.54, 1.807) is 13.8 Å². The van der Waals surface area contributed by atoms with Crippen molar-refractivity contribution in [3.63, 3.8) is 0 Å². The molecule has 1 N–H and O–H groups in total. The van der Waals surface area contributed by atoms with Crippen LogP contribution >= 0.6 is 0 Å². The van der Waals surface area contributed by atoms with Crippen LogP contribution in [0.1, 0.15) is 48.3 Å². The molecular weight excluding hydrogens is 242 g/mol. The van der Waals surface area contributed by atoms with Gasteiger partial charge in [-0.1, -0.05) is 13.3 Å². The minimum atomic E-state index is -0.453. The summed E-state index contributed by atoms with van der Waals surface area (Å²) in [4.78, 5) is 15.9. The minimum Gasteiger partial charge on any atom is -0.462 e. The molecule has 0 radical (unpaired) electrons. The zero-order valence-electron chi connectivity index (χ0n) is 11.6. The topological polar surface area (TPSA) is 75.0 Å². The number of nitrogens with zero attached hydrogens (tertiary/aromatic N) is 2. The number of hydrogen-bond acceptors (Lipinski definition) is 5. The number of hydrogen-bond donors (Lipinski definition) is 1. The number of aromatic nitrogens is 1. The first-order chi connectivity index (χ1) is 9.15. The van der Waals surface area contributed by atoms with Gasteiger partial charge in [0, 0.05) is 12.7 Å². The number of unbranched alkanes of at least 4 members (excludes halogenated alkanes) is 1. The number of anilines is 1. The number of nitriles is 1. The van der Waals surface area contributed by atoms with Gasteiger partial charge < -0.3 is 10.1 Å². The average Bonchev–Trinajstić information content (AvgIpc) is 2.39. The summed E-state index contributed by atoms with van der Waals surface area (Å²) in [6.45, 7) is 6.58. The molecule has 1 heterocycles. The largest absolute Gasteiger partial charge is 0.462 e. The Morgan fingerprint density at radius 3 is 2.84 bits per heavy atom. The fourth-order valence-electron chi connectivity index (χ4n) is 1.68. The van der Waals surface area contributed by atoms with E-state index < -0.39 is 5.97 Å². The maximum absolute atomic E-state index is 11.9. The van der Waals surface area contributed by atoms with Gasteiger partial charge in [-0.05, 0) is 20.3 Å². The third-order valence-corrected chi connectivity index (χ3v) is 2.71. The first kappa shape index (κ1) is 15.0. The second-order valence-corrected chi connectivity index (χ2v) is 4.12. The molecule has 0 fully saturated rings. The van der Waals surface area contributed by atoms with E-state index in [0.29, 0.717) is 35.7 Å². The van der Waals surface area contributed by atoms with E-state index in [2.05, 4.69) is 23.3 Å². The lowest BCUT2D eigenvalue weighted by atomic mass is 10.1. The van der Waals surface area contributed by atoms with E-state index in [4.69, 9.17) is 4.74 Å². The second-order valence-electron chi connectivity index (χ2n) is 4.12. The summed E-state index contributed by atoms with van der Waals surface area (Å²) in [5.74, 6) is -0.453. The van der Waals surface area contributed by atoms with Crippen LogP contribution in [0.25, 0.3) is 0 Å². The van der Waals surface area contributed by atoms with Crippen LogP contribution < -0.4 is 5.32 Å². The first-order valence-corrected chi connectivity index (χ1v) is 6.46. The zero-order chi connectivity index (χ0) is 14.3. The first-order valence-electron chi connectivity index (χ1n) is 6.46. The van der Waals surface area contributed by atoms with Crippen molar-refractivity contribution in [2.75, 3.05) is 18.5 Å². The highest BCUT2D eigenvalue weighted by molar-refractivity contribution is 5.96. The lowest BCUT2D eigenvalue weighted by Gasteiger charge is -2.13. The summed E-state index contributed by atoms with van der Waals surface area (Å²) in [6.07, 6.45) is 3.46. The monoisotopic (exact) mass is 261 g/mol. The smallest absolute Gasteiger partial charge is 0.341 e. The molecule has 1 aromatic rings. The van der Waals surface area contributed by atoms with Crippen molar-refractivity contribution in [2.24, 2.45) is 0 Å². The van der Waals surface area contributed by atoms with Gasteiger partial charge in [0.15, 0.2) is 0 Å². The lowest BCUT2D eigenvalue weighted by Crippen LogP contribution is -2.13. The number of ether oxygens (including phenoxy) is 1. The average molecular weight is 261 g/mol. The molecule has 1 aromatic heterocycles. The molecule has 0 bridgehead atoms. The predicted molar refractivity (Wildman–Crippen MR) is 73.0 cm³/mol. The number of carbonyl (C=O) groups excluding carboxylic acids is 1. The van der Waals surface area contributed by atoms with Crippen LogP contribution in [0.3, 0.4) is 0 Å². The van der Waals surface area contributed by atoms with Crippen LogP contribution in [0.15, 0.2) is 6.20 Å². The SMILES string of the molecule is CCCCNc1c(C(=O)OCC)cnc(C)c1C#N. The standard InChI is InChI=1S/C14H19N3O2/c1-4-6-7-16-13-11(8-15)10(3)17-9-12(13)14(18)19-5-2/h9H,4-7H2,1-3H3,(H,16,17). The van der Waals surface area contributed by atoms with Crippen molar-refractivity contribution in [2.45, 2.75) is 33.6 Å². The van der Waals surface area contributed by atoms with Crippen LogP contribution in [0.5, 0.6) is 0 Å². The number of pyridine rings is 1. The fraction of sp³-hybridized carbons (Fsp3) is 0.500. The van der Waals surface area contributed by atoms with E-state index in [1.807, 2.05) is 0 Å². The molecule has 0 amide bonds. The van der Waals surface area contributed by atoms with E-state index >= 15 is 0 Å². The molecule has 0 aliphatic rings. The van der Waals surface area contributed by atoms with E-state index in [9.17, 15) is 10.1 Å². The molecular formula is C14H19N3O2. The molecule has 19 heavy (non-hydrogen) atoms. The van der Waals surface area contributed by atoms with Crippen LogP contribution in [0, 0.1) is 18.3 Å². The highest BCUT2D eigenvalue weighted by Crippen LogP contribution is 2.23. The Balaban J connectivity index is 3.15. The molecule has 0 atom stereocenters. The molecule has 5 heteroatoms. The Bertz CT molecular complexity index is 492. The quantitative estimate of drug-likeness (QED) is 0.629. The number of nitrogens with one attached hydrogen (secondary N) is 1. The number of carbonyl (C=O) groups is 1.